The Morgan fingerprint density at radius 3 is 2.28 bits per heavy atom. The van der Waals surface area contributed by atoms with Gasteiger partial charge in [-0.05, 0) is 65.1 Å². The van der Waals surface area contributed by atoms with Crippen LogP contribution < -0.4 is 14.8 Å². The standard InChI is InChI=1S/C35H37ClN2O8/c1-21-25(8-4-10-28(21)24-7-3-9-27(40)12-24)20-46-33-14-32(45-19-23-6-2-5-22(11-23)15-37)26(13-29(33)36)16-38-17-30(41)34(43)35(44)31(42)18-39/h2-14,30-31,34-35,38-44H,16-20H2,1H3. The van der Waals surface area contributed by atoms with Crippen LogP contribution in [-0.2, 0) is 19.8 Å². The molecule has 0 radical (unpaired) electrons. The Labute approximate surface area is 272 Å². The Hall–Kier alpha value is -4.18. The first-order chi connectivity index (χ1) is 22.1. The van der Waals surface area contributed by atoms with Crippen molar-refractivity contribution in [3.05, 3.63) is 112 Å². The van der Waals surface area contributed by atoms with Crippen LogP contribution in [0.2, 0.25) is 5.02 Å². The number of benzene rings is 4. The van der Waals surface area contributed by atoms with Crippen molar-refractivity contribution >= 4 is 11.6 Å². The van der Waals surface area contributed by atoms with Gasteiger partial charge in [0.1, 0.15) is 48.8 Å². The third-order valence-electron chi connectivity index (χ3n) is 7.55. The molecule has 7 N–H and O–H groups in total. The number of hydrogen-bond acceptors (Lipinski definition) is 10. The van der Waals surface area contributed by atoms with Gasteiger partial charge in [-0.1, -0.05) is 54.1 Å². The average molecular weight is 649 g/mol. The molecular formula is C35H37ClN2O8. The van der Waals surface area contributed by atoms with Crippen LogP contribution in [0.3, 0.4) is 0 Å². The maximum Gasteiger partial charge on any atom is 0.142 e. The van der Waals surface area contributed by atoms with Gasteiger partial charge in [0.2, 0.25) is 0 Å². The second-order valence-corrected chi connectivity index (χ2v) is 11.3. The number of halogens is 1. The fourth-order valence-corrected chi connectivity index (χ4v) is 5.11. The van der Waals surface area contributed by atoms with Crippen LogP contribution in [-0.4, -0.2) is 68.2 Å². The van der Waals surface area contributed by atoms with Gasteiger partial charge in [-0.2, -0.15) is 5.26 Å². The molecule has 11 heteroatoms. The second kappa shape index (κ2) is 16.4. The van der Waals surface area contributed by atoms with Gasteiger partial charge >= 0.3 is 0 Å². The molecule has 242 valence electrons. The summed E-state index contributed by atoms with van der Waals surface area (Å²) in [4.78, 5) is 0. The predicted molar refractivity (Wildman–Crippen MR) is 172 cm³/mol. The highest BCUT2D eigenvalue weighted by Gasteiger charge is 2.29. The minimum absolute atomic E-state index is 0.140. The molecular weight excluding hydrogens is 612 g/mol. The summed E-state index contributed by atoms with van der Waals surface area (Å²) < 4.78 is 12.3. The van der Waals surface area contributed by atoms with Crippen molar-refractivity contribution in [1.29, 1.82) is 5.26 Å². The third-order valence-corrected chi connectivity index (χ3v) is 7.84. The third kappa shape index (κ3) is 8.96. The van der Waals surface area contributed by atoms with Gasteiger partial charge in [-0.25, -0.2) is 0 Å². The van der Waals surface area contributed by atoms with E-state index in [2.05, 4.69) is 11.4 Å². The second-order valence-electron chi connectivity index (χ2n) is 10.8. The van der Waals surface area contributed by atoms with E-state index in [0.29, 0.717) is 27.6 Å². The van der Waals surface area contributed by atoms with Crippen molar-refractivity contribution in [2.24, 2.45) is 0 Å². The number of nitrogens with one attached hydrogen (secondary N) is 1. The Balaban J connectivity index is 1.53. The van der Waals surface area contributed by atoms with Crippen LogP contribution in [0.25, 0.3) is 11.1 Å². The van der Waals surface area contributed by atoms with Crippen molar-refractivity contribution in [1.82, 2.24) is 5.32 Å². The molecule has 0 spiro atoms. The first kappa shape index (κ1) is 34.7. The van der Waals surface area contributed by atoms with Gasteiger partial charge in [-0.3, -0.25) is 0 Å². The Morgan fingerprint density at radius 1 is 0.826 bits per heavy atom. The van der Waals surface area contributed by atoms with Gasteiger partial charge in [0.15, 0.2) is 0 Å². The number of phenols is 1. The number of nitriles is 1. The Morgan fingerprint density at radius 2 is 1.54 bits per heavy atom. The van der Waals surface area contributed by atoms with Crippen LogP contribution >= 0.6 is 11.6 Å². The fraction of sp³-hybridized carbons (Fsp3) is 0.286. The van der Waals surface area contributed by atoms with Gasteiger partial charge in [-0.15, -0.1) is 0 Å². The molecule has 4 unspecified atom stereocenters. The molecule has 0 saturated heterocycles. The summed E-state index contributed by atoms with van der Waals surface area (Å²) in [5.74, 6) is 0.964. The minimum Gasteiger partial charge on any atom is -0.508 e. The SMILES string of the molecule is Cc1c(COc2cc(OCc3cccc(C#N)c3)c(CNCC(O)C(O)C(O)C(O)CO)cc2Cl)cccc1-c1cccc(O)c1. The molecule has 0 amide bonds. The predicted octanol–water partition coefficient (Wildman–Crippen LogP) is 3.58. The number of aliphatic hydroxyl groups is 5. The maximum atomic E-state index is 10.3. The largest absolute Gasteiger partial charge is 0.508 e. The monoisotopic (exact) mass is 648 g/mol. The first-order valence-corrected chi connectivity index (χ1v) is 15.0. The van der Waals surface area contributed by atoms with Crippen molar-refractivity contribution in [2.45, 2.75) is 51.1 Å². The normalized spacial score (nSPS) is 13.8. The van der Waals surface area contributed by atoms with E-state index < -0.39 is 31.0 Å². The Bertz CT molecular complexity index is 1660. The van der Waals surface area contributed by atoms with E-state index in [-0.39, 0.29) is 32.1 Å². The molecule has 4 rings (SSSR count). The fourth-order valence-electron chi connectivity index (χ4n) is 4.87. The smallest absolute Gasteiger partial charge is 0.142 e. The Kier molecular flexibility index (Phi) is 12.4. The van der Waals surface area contributed by atoms with Gasteiger partial charge in [0.05, 0.1) is 29.4 Å². The molecule has 4 atom stereocenters. The summed E-state index contributed by atoms with van der Waals surface area (Å²) in [5, 5.41) is 71.4. The first-order valence-electron chi connectivity index (χ1n) is 14.6. The molecule has 4 aromatic rings. The zero-order chi connectivity index (χ0) is 33.2. The van der Waals surface area contributed by atoms with Crippen LogP contribution in [0.15, 0.2) is 78.9 Å². The maximum absolute atomic E-state index is 10.3. The highest BCUT2D eigenvalue weighted by Crippen LogP contribution is 2.35. The lowest BCUT2D eigenvalue weighted by molar-refractivity contribution is -0.114. The lowest BCUT2D eigenvalue weighted by Gasteiger charge is -2.26. The summed E-state index contributed by atoms with van der Waals surface area (Å²) in [6, 6.07) is 25.3. The van der Waals surface area contributed by atoms with E-state index >= 15 is 0 Å². The zero-order valence-electron chi connectivity index (χ0n) is 25.2. The van der Waals surface area contributed by atoms with Crippen LogP contribution in [0, 0.1) is 18.3 Å². The average Bonchev–Trinajstić information content (AvgIpc) is 3.06. The molecule has 0 aliphatic heterocycles. The van der Waals surface area contributed by atoms with Crippen molar-refractivity contribution < 1.29 is 40.1 Å². The van der Waals surface area contributed by atoms with E-state index in [4.69, 9.17) is 26.2 Å². The summed E-state index contributed by atoms with van der Waals surface area (Å²) in [5.41, 5.74) is 5.60. The number of hydrogen-bond donors (Lipinski definition) is 7. The number of phenolic OH excluding ortho intramolecular Hbond substituents is 1. The van der Waals surface area contributed by atoms with Crippen molar-refractivity contribution in [3.63, 3.8) is 0 Å². The molecule has 0 aliphatic rings. The molecule has 10 nitrogen and oxygen atoms in total. The number of ether oxygens (including phenoxy) is 2. The van der Waals surface area contributed by atoms with Crippen molar-refractivity contribution in [2.75, 3.05) is 13.2 Å². The van der Waals surface area contributed by atoms with Gasteiger partial charge in [0.25, 0.3) is 0 Å². The number of nitrogens with zero attached hydrogens (tertiary/aromatic N) is 1. The molecule has 0 aliphatic carbocycles. The number of rotatable bonds is 15. The lowest BCUT2D eigenvalue weighted by Crippen LogP contribution is -2.48. The van der Waals surface area contributed by atoms with Gasteiger partial charge < -0.3 is 45.4 Å². The molecule has 0 bridgehead atoms. The topological polar surface area (TPSA) is 176 Å². The molecule has 0 fully saturated rings. The van der Waals surface area contributed by atoms with Gasteiger partial charge in [0, 0.05) is 24.7 Å². The summed E-state index contributed by atoms with van der Waals surface area (Å²) in [6.45, 7) is 1.53. The summed E-state index contributed by atoms with van der Waals surface area (Å²) in [7, 11) is 0. The summed E-state index contributed by atoms with van der Waals surface area (Å²) in [6.07, 6.45) is -6.49. The number of aromatic hydroxyl groups is 1. The van der Waals surface area contributed by atoms with E-state index in [1.165, 1.54) is 0 Å². The molecule has 4 aromatic carbocycles. The molecule has 0 aromatic heterocycles. The highest BCUT2D eigenvalue weighted by atomic mass is 35.5. The van der Waals surface area contributed by atoms with E-state index in [0.717, 1.165) is 27.8 Å². The number of aliphatic hydroxyl groups excluding tert-OH is 5. The van der Waals surface area contributed by atoms with Crippen molar-refractivity contribution in [3.8, 4) is 34.4 Å². The lowest BCUT2D eigenvalue weighted by atomic mass is 9.96. The summed E-state index contributed by atoms with van der Waals surface area (Å²) >= 11 is 6.65. The van der Waals surface area contributed by atoms with E-state index in [1.54, 1.807) is 48.5 Å². The minimum atomic E-state index is -1.74. The molecule has 0 heterocycles. The highest BCUT2D eigenvalue weighted by molar-refractivity contribution is 6.32. The van der Waals surface area contributed by atoms with E-state index in [1.807, 2.05) is 37.3 Å². The van der Waals surface area contributed by atoms with Crippen LogP contribution in [0.1, 0.15) is 27.8 Å². The van der Waals surface area contributed by atoms with Crippen LogP contribution in [0.4, 0.5) is 0 Å². The quantitative estimate of drug-likeness (QED) is 0.101. The zero-order valence-corrected chi connectivity index (χ0v) is 25.9. The van der Waals surface area contributed by atoms with Crippen LogP contribution in [0.5, 0.6) is 17.2 Å². The van der Waals surface area contributed by atoms with E-state index in [9.17, 15) is 30.8 Å². The molecule has 46 heavy (non-hydrogen) atoms. The molecule has 0 saturated carbocycles.